The molecule has 0 bridgehead atoms. The van der Waals surface area contributed by atoms with Gasteiger partial charge in [0.2, 0.25) is 0 Å². The Balaban J connectivity index is 4.25. The first-order chi connectivity index (χ1) is 6.77. The fourth-order valence-corrected chi connectivity index (χ4v) is 2.55. The molecular formula is C11H27NO2Si. The van der Waals surface area contributed by atoms with Crippen LogP contribution in [0, 0.1) is 5.41 Å². The van der Waals surface area contributed by atoms with Crippen LogP contribution in [-0.4, -0.2) is 51.9 Å². The van der Waals surface area contributed by atoms with Crippen LogP contribution < -0.4 is 0 Å². The molecule has 0 aromatic heterocycles. The van der Waals surface area contributed by atoms with E-state index in [1.54, 1.807) is 0 Å². The molecule has 92 valence electrons. The van der Waals surface area contributed by atoms with Crippen LogP contribution in [0.2, 0.25) is 13.1 Å². The maximum absolute atomic E-state index is 8.86. The van der Waals surface area contributed by atoms with E-state index in [4.69, 9.17) is 9.53 Å². The van der Waals surface area contributed by atoms with Gasteiger partial charge in [0.05, 0.1) is 12.7 Å². The van der Waals surface area contributed by atoms with Crippen molar-refractivity contribution in [3.8, 4) is 0 Å². The van der Waals surface area contributed by atoms with Crippen molar-refractivity contribution in [2.75, 3.05) is 26.7 Å². The average Bonchev–Trinajstić information content (AvgIpc) is 2.00. The zero-order chi connectivity index (χ0) is 12.1. The van der Waals surface area contributed by atoms with Gasteiger partial charge in [0.25, 0.3) is 0 Å². The van der Waals surface area contributed by atoms with Crippen LogP contribution in [-0.2, 0) is 4.43 Å². The lowest BCUT2D eigenvalue weighted by molar-refractivity contribution is 0.0508. The molecule has 0 aromatic carbocycles. The summed E-state index contributed by atoms with van der Waals surface area (Å²) < 4.78 is 6.05. The van der Waals surface area contributed by atoms with Crippen LogP contribution in [0.3, 0.4) is 0 Å². The number of aliphatic hydroxyl groups is 1. The highest BCUT2D eigenvalue weighted by Gasteiger charge is 2.27. The van der Waals surface area contributed by atoms with Gasteiger partial charge in [-0.3, -0.25) is 0 Å². The second-order valence-electron chi connectivity index (χ2n) is 5.53. The third-order valence-electron chi connectivity index (χ3n) is 2.36. The van der Waals surface area contributed by atoms with Crippen LogP contribution in [0.5, 0.6) is 0 Å². The van der Waals surface area contributed by atoms with E-state index in [9.17, 15) is 0 Å². The van der Waals surface area contributed by atoms with Crippen LogP contribution in [0.4, 0.5) is 0 Å². The summed E-state index contributed by atoms with van der Waals surface area (Å²) in [5.74, 6) is 0. The minimum absolute atomic E-state index is 0.168. The lowest BCUT2D eigenvalue weighted by atomic mass is 9.89. The minimum Gasteiger partial charge on any atom is -0.416 e. The molecule has 4 heteroatoms. The number of nitrogens with zero attached hydrogens (tertiary/aromatic N) is 1. The van der Waals surface area contributed by atoms with Crippen molar-refractivity contribution in [3.05, 3.63) is 0 Å². The largest absolute Gasteiger partial charge is 0.416 e. The van der Waals surface area contributed by atoms with Gasteiger partial charge >= 0.3 is 0 Å². The summed E-state index contributed by atoms with van der Waals surface area (Å²) in [7, 11) is 1.03. The highest BCUT2D eigenvalue weighted by Crippen LogP contribution is 2.23. The molecule has 1 N–H and O–H groups in total. The SMILES string of the molecule is CN(CCO)CC(O[SiH](C)C)C(C)(C)C. The van der Waals surface area contributed by atoms with Crippen LogP contribution in [0.25, 0.3) is 0 Å². The van der Waals surface area contributed by atoms with Crippen LogP contribution in [0.15, 0.2) is 0 Å². The van der Waals surface area contributed by atoms with Gasteiger partial charge in [-0.1, -0.05) is 20.8 Å². The first-order valence-corrected chi connectivity index (χ1v) is 8.50. The summed E-state index contributed by atoms with van der Waals surface area (Å²) in [5.41, 5.74) is 0.168. The van der Waals surface area contributed by atoms with Gasteiger partial charge in [-0.05, 0) is 25.6 Å². The van der Waals surface area contributed by atoms with Gasteiger partial charge in [0.1, 0.15) is 0 Å². The normalized spacial score (nSPS) is 15.0. The van der Waals surface area contributed by atoms with Crippen molar-refractivity contribution in [3.63, 3.8) is 0 Å². The third-order valence-corrected chi connectivity index (χ3v) is 3.23. The Morgan fingerprint density at radius 1 is 1.33 bits per heavy atom. The molecule has 3 nitrogen and oxygen atoms in total. The van der Waals surface area contributed by atoms with Gasteiger partial charge in [-0.25, -0.2) is 0 Å². The summed E-state index contributed by atoms with van der Waals surface area (Å²) in [6, 6.07) is 0. The van der Waals surface area contributed by atoms with E-state index in [-0.39, 0.29) is 18.1 Å². The Bertz CT molecular complexity index is 168. The van der Waals surface area contributed by atoms with Crippen LogP contribution in [0.1, 0.15) is 20.8 Å². The van der Waals surface area contributed by atoms with Gasteiger partial charge in [-0.2, -0.15) is 0 Å². The van der Waals surface area contributed by atoms with Gasteiger partial charge in [-0.15, -0.1) is 0 Å². The molecule has 1 atom stereocenters. The number of aliphatic hydroxyl groups excluding tert-OH is 1. The van der Waals surface area contributed by atoms with E-state index in [0.717, 1.165) is 13.1 Å². The monoisotopic (exact) mass is 233 g/mol. The number of hydrogen-bond donors (Lipinski definition) is 1. The molecule has 0 aliphatic carbocycles. The molecule has 0 amide bonds. The Morgan fingerprint density at radius 2 is 1.87 bits per heavy atom. The second-order valence-corrected chi connectivity index (χ2v) is 7.90. The maximum Gasteiger partial charge on any atom is 0.171 e. The van der Waals surface area contributed by atoms with E-state index in [1.807, 2.05) is 7.05 Å². The van der Waals surface area contributed by atoms with Crippen molar-refractivity contribution in [2.24, 2.45) is 5.41 Å². The molecule has 0 aliphatic rings. The third kappa shape index (κ3) is 7.06. The second kappa shape index (κ2) is 6.63. The molecule has 0 saturated heterocycles. The van der Waals surface area contributed by atoms with Crippen molar-refractivity contribution < 1.29 is 9.53 Å². The summed E-state index contributed by atoms with van der Waals surface area (Å²) in [5, 5.41) is 8.86. The Hall–Kier alpha value is 0.0969. The lowest BCUT2D eigenvalue weighted by Gasteiger charge is -2.35. The van der Waals surface area contributed by atoms with Gasteiger partial charge in [0, 0.05) is 13.1 Å². The fraction of sp³-hybridized carbons (Fsp3) is 1.00. The predicted octanol–water partition coefficient (Wildman–Crippen LogP) is 1.33. The molecule has 0 saturated carbocycles. The first kappa shape index (κ1) is 15.1. The zero-order valence-corrected chi connectivity index (χ0v) is 12.2. The Labute approximate surface area is 96.2 Å². The molecule has 0 aromatic rings. The van der Waals surface area contributed by atoms with Crippen molar-refractivity contribution in [1.29, 1.82) is 0 Å². The minimum atomic E-state index is -0.996. The number of rotatable bonds is 6. The quantitative estimate of drug-likeness (QED) is 0.703. The molecule has 0 rings (SSSR count). The van der Waals surface area contributed by atoms with Crippen molar-refractivity contribution in [2.45, 2.75) is 40.0 Å². The summed E-state index contributed by atoms with van der Waals surface area (Å²) in [4.78, 5) is 2.13. The molecule has 0 aliphatic heterocycles. The highest BCUT2D eigenvalue weighted by atomic mass is 28.3. The van der Waals surface area contributed by atoms with Crippen molar-refractivity contribution >= 4 is 9.04 Å². The summed E-state index contributed by atoms with van der Waals surface area (Å²) in [6.45, 7) is 12.9. The summed E-state index contributed by atoms with van der Waals surface area (Å²) in [6.07, 6.45) is 0.265. The zero-order valence-electron chi connectivity index (χ0n) is 11.1. The molecular weight excluding hydrogens is 206 g/mol. The Morgan fingerprint density at radius 3 is 2.20 bits per heavy atom. The predicted molar refractivity (Wildman–Crippen MR) is 67.8 cm³/mol. The molecule has 1 unspecified atom stereocenters. The number of hydrogen-bond acceptors (Lipinski definition) is 3. The topological polar surface area (TPSA) is 32.7 Å². The van der Waals surface area contributed by atoms with Gasteiger partial charge < -0.3 is 14.4 Å². The van der Waals surface area contributed by atoms with E-state index in [1.165, 1.54) is 0 Å². The molecule has 15 heavy (non-hydrogen) atoms. The highest BCUT2D eigenvalue weighted by molar-refractivity contribution is 6.48. The standard InChI is InChI=1S/C11H27NO2Si/c1-11(2,3)10(14-15(5)6)9-12(4)7-8-13/h10,13,15H,7-9H2,1-6H3. The lowest BCUT2D eigenvalue weighted by Crippen LogP contribution is -2.42. The molecule has 0 fully saturated rings. The van der Waals surface area contributed by atoms with E-state index < -0.39 is 9.04 Å². The number of likely N-dealkylation sites (N-methyl/N-ethyl adjacent to an activating group) is 1. The van der Waals surface area contributed by atoms with Crippen molar-refractivity contribution in [1.82, 2.24) is 4.90 Å². The van der Waals surface area contributed by atoms with E-state index >= 15 is 0 Å². The molecule has 0 spiro atoms. The van der Waals surface area contributed by atoms with E-state index in [2.05, 4.69) is 38.8 Å². The molecule has 0 radical (unpaired) electrons. The smallest absolute Gasteiger partial charge is 0.171 e. The maximum atomic E-state index is 8.86. The van der Waals surface area contributed by atoms with Gasteiger partial charge in [0.15, 0.2) is 9.04 Å². The Kier molecular flexibility index (Phi) is 6.67. The fourth-order valence-electron chi connectivity index (χ4n) is 1.39. The van der Waals surface area contributed by atoms with Crippen LogP contribution >= 0.6 is 0 Å². The first-order valence-electron chi connectivity index (χ1n) is 5.72. The van der Waals surface area contributed by atoms with E-state index in [0.29, 0.717) is 0 Å². The summed E-state index contributed by atoms with van der Waals surface area (Å²) >= 11 is 0. The molecule has 0 heterocycles. The average molecular weight is 233 g/mol.